The number of nitrogens with zero attached hydrogens (tertiary/aromatic N) is 4. The minimum Gasteiger partial charge on any atom is -0.472 e. The van der Waals surface area contributed by atoms with E-state index in [1.807, 2.05) is 30.3 Å². The van der Waals surface area contributed by atoms with Crippen LogP contribution in [-0.2, 0) is 11.3 Å². The largest absolute Gasteiger partial charge is 0.472 e. The number of carbonyl (C=O) groups is 1. The zero-order chi connectivity index (χ0) is 20.4. The molecule has 2 aromatic heterocycles. The van der Waals surface area contributed by atoms with Gasteiger partial charge in [0.25, 0.3) is 0 Å². The Morgan fingerprint density at radius 1 is 1.45 bits per heavy atom. The molecule has 1 fully saturated rings. The van der Waals surface area contributed by atoms with Gasteiger partial charge in [0.1, 0.15) is 17.7 Å². The molecule has 4 rings (SSSR count). The van der Waals surface area contributed by atoms with Gasteiger partial charge in [-0.2, -0.15) is 5.26 Å². The number of pyridine rings is 1. The van der Waals surface area contributed by atoms with Crippen LogP contribution in [0.2, 0.25) is 0 Å². The molecule has 1 aliphatic heterocycles. The van der Waals surface area contributed by atoms with Gasteiger partial charge in [0.15, 0.2) is 5.13 Å². The Balaban J connectivity index is 1.45. The van der Waals surface area contributed by atoms with Gasteiger partial charge in [0, 0.05) is 48.9 Å². The maximum absolute atomic E-state index is 11.2. The standard InChI is InChI=1S/C21H21N5O2S/c1-13-7-17(11-26(13)12-18-10-23-21(29-18)24-14(2)27)28-20-16(9-22)8-15-5-3-4-6-19(15)25-20/h3-6,8,10,13,17H,7,11-12H2,1-2H3,(H,23,24,27)/t13-,17+/m0/s1. The van der Waals surface area contributed by atoms with Crippen LogP contribution in [0.25, 0.3) is 10.9 Å². The van der Waals surface area contributed by atoms with Crippen molar-refractivity contribution in [2.75, 3.05) is 11.9 Å². The van der Waals surface area contributed by atoms with E-state index in [1.165, 1.54) is 18.3 Å². The van der Waals surface area contributed by atoms with Crippen molar-refractivity contribution in [2.45, 2.75) is 39.0 Å². The first kappa shape index (κ1) is 19.3. The Labute approximate surface area is 173 Å². The molecule has 0 spiro atoms. The third kappa shape index (κ3) is 4.36. The lowest BCUT2D eigenvalue weighted by atomic mass is 10.1. The summed E-state index contributed by atoms with van der Waals surface area (Å²) in [4.78, 5) is 23.4. The average Bonchev–Trinajstić information content (AvgIpc) is 3.27. The number of para-hydroxylation sites is 1. The normalized spacial score (nSPS) is 19.2. The van der Waals surface area contributed by atoms with Crippen molar-refractivity contribution in [1.82, 2.24) is 14.9 Å². The first-order valence-electron chi connectivity index (χ1n) is 9.44. The summed E-state index contributed by atoms with van der Waals surface area (Å²) < 4.78 is 6.16. The third-order valence-corrected chi connectivity index (χ3v) is 5.85. The van der Waals surface area contributed by atoms with Crippen molar-refractivity contribution >= 4 is 33.3 Å². The number of thiazole rings is 1. The fourth-order valence-corrected chi connectivity index (χ4v) is 4.45. The Morgan fingerprint density at radius 3 is 3.07 bits per heavy atom. The summed E-state index contributed by atoms with van der Waals surface area (Å²) in [6, 6.07) is 12.1. The van der Waals surface area contributed by atoms with E-state index in [-0.39, 0.29) is 12.0 Å². The molecule has 3 aromatic rings. The van der Waals surface area contributed by atoms with Crippen LogP contribution in [0.5, 0.6) is 5.88 Å². The lowest BCUT2D eigenvalue weighted by molar-refractivity contribution is -0.114. The number of rotatable bonds is 5. The molecule has 3 heterocycles. The number of likely N-dealkylation sites (tertiary alicyclic amines) is 1. The van der Waals surface area contributed by atoms with Crippen LogP contribution < -0.4 is 10.1 Å². The number of carbonyl (C=O) groups excluding carboxylic acids is 1. The van der Waals surface area contributed by atoms with E-state index < -0.39 is 0 Å². The molecule has 1 N–H and O–H groups in total. The quantitative estimate of drug-likeness (QED) is 0.695. The second kappa shape index (κ2) is 8.15. The van der Waals surface area contributed by atoms with Crippen LogP contribution in [0.3, 0.4) is 0 Å². The third-order valence-electron chi connectivity index (χ3n) is 4.95. The summed E-state index contributed by atoms with van der Waals surface area (Å²) in [6.07, 6.45) is 2.63. The van der Waals surface area contributed by atoms with Gasteiger partial charge < -0.3 is 10.1 Å². The Hall–Kier alpha value is -3.02. The number of hydrogen-bond donors (Lipinski definition) is 1. The van der Waals surface area contributed by atoms with Gasteiger partial charge in [-0.15, -0.1) is 11.3 Å². The number of aromatic nitrogens is 2. The second-order valence-electron chi connectivity index (χ2n) is 7.21. The molecule has 0 unspecified atom stereocenters. The zero-order valence-electron chi connectivity index (χ0n) is 16.3. The van der Waals surface area contributed by atoms with Crippen LogP contribution in [0.4, 0.5) is 5.13 Å². The predicted octanol–water partition coefficient (Wildman–Crippen LogP) is 3.56. The van der Waals surface area contributed by atoms with E-state index in [9.17, 15) is 10.1 Å². The summed E-state index contributed by atoms with van der Waals surface area (Å²) in [5.41, 5.74) is 1.27. The monoisotopic (exact) mass is 407 g/mol. The van der Waals surface area contributed by atoms with Crippen molar-refractivity contribution in [1.29, 1.82) is 5.26 Å². The maximum atomic E-state index is 11.2. The lowest BCUT2D eigenvalue weighted by Crippen LogP contribution is -2.27. The minimum atomic E-state index is -0.120. The molecule has 0 bridgehead atoms. The van der Waals surface area contributed by atoms with Crippen LogP contribution >= 0.6 is 11.3 Å². The Kier molecular flexibility index (Phi) is 5.43. The number of hydrogen-bond acceptors (Lipinski definition) is 7. The van der Waals surface area contributed by atoms with Crippen LogP contribution in [0.1, 0.15) is 30.7 Å². The van der Waals surface area contributed by atoms with Gasteiger partial charge in [-0.05, 0) is 19.1 Å². The summed E-state index contributed by atoms with van der Waals surface area (Å²) >= 11 is 1.48. The fourth-order valence-electron chi connectivity index (χ4n) is 3.57. The topological polar surface area (TPSA) is 91.1 Å². The summed E-state index contributed by atoms with van der Waals surface area (Å²) in [5, 5.41) is 13.8. The van der Waals surface area contributed by atoms with Gasteiger partial charge in [0.05, 0.1) is 5.52 Å². The molecule has 0 saturated carbocycles. The zero-order valence-corrected chi connectivity index (χ0v) is 17.1. The number of benzene rings is 1. The van der Waals surface area contributed by atoms with Gasteiger partial charge in [-0.1, -0.05) is 18.2 Å². The summed E-state index contributed by atoms with van der Waals surface area (Å²) in [7, 11) is 0. The molecule has 29 heavy (non-hydrogen) atoms. The number of nitriles is 1. The molecule has 0 aliphatic carbocycles. The highest BCUT2D eigenvalue weighted by Crippen LogP contribution is 2.29. The van der Waals surface area contributed by atoms with E-state index in [4.69, 9.17) is 4.74 Å². The maximum Gasteiger partial charge on any atom is 0.232 e. The van der Waals surface area contributed by atoms with Gasteiger partial charge in [-0.25, -0.2) is 9.97 Å². The summed E-state index contributed by atoms with van der Waals surface area (Å²) in [5.74, 6) is 0.279. The van der Waals surface area contributed by atoms with Gasteiger partial charge in [-0.3, -0.25) is 9.69 Å². The molecule has 148 valence electrons. The molecule has 2 atom stereocenters. The molecule has 1 aliphatic rings. The molecular formula is C21H21N5O2S. The van der Waals surface area contributed by atoms with E-state index in [0.717, 1.165) is 35.3 Å². The Bertz CT molecular complexity index is 1090. The van der Waals surface area contributed by atoms with Gasteiger partial charge >= 0.3 is 0 Å². The molecule has 1 aromatic carbocycles. The van der Waals surface area contributed by atoms with Gasteiger partial charge in [0.2, 0.25) is 11.8 Å². The van der Waals surface area contributed by atoms with E-state index in [0.29, 0.717) is 22.6 Å². The highest BCUT2D eigenvalue weighted by molar-refractivity contribution is 7.15. The fraction of sp³-hybridized carbons (Fsp3) is 0.333. The smallest absolute Gasteiger partial charge is 0.232 e. The molecule has 7 nitrogen and oxygen atoms in total. The minimum absolute atomic E-state index is 0.0338. The number of anilines is 1. The second-order valence-corrected chi connectivity index (χ2v) is 8.33. The highest BCUT2D eigenvalue weighted by Gasteiger charge is 2.31. The molecule has 8 heteroatoms. The van der Waals surface area contributed by atoms with E-state index >= 15 is 0 Å². The predicted molar refractivity (Wildman–Crippen MR) is 112 cm³/mol. The van der Waals surface area contributed by atoms with E-state index in [2.05, 4.69) is 33.2 Å². The molecular weight excluding hydrogens is 386 g/mol. The van der Waals surface area contributed by atoms with Crippen molar-refractivity contribution in [3.05, 3.63) is 47.0 Å². The Morgan fingerprint density at radius 2 is 2.28 bits per heavy atom. The van der Waals surface area contributed by atoms with Crippen molar-refractivity contribution in [3.63, 3.8) is 0 Å². The number of amides is 1. The van der Waals surface area contributed by atoms with Crippen molar-refractivity contribution < 1.29 is 9.53 Å². The highest BCUT2D eigenvalue weighted by atomic mass is 32.1. The molecule has 0 radical (unpaired) electrons. The first-order valence-corrected chi connectivity index (χ1v) is 10.3. The number of fused-ring (bicyclic) bond motifs is 1. The lowest BCUT2D eigenvalue weighted by Gasteiger charge is -2.19. The molecule has 1 saturated heterocycles. The van der Waals surface area contributed by atoms with Crippen LogP contribution in [0, 0.1) is 11.3 Å². The summed E-state index contributed by atoms with van der Waals surface area (Å²) in [6.45, 7) is 5.13. The van der Waals surface area contributed by atoms with Crippen LogP contribution in [0.15, 0.2) is 36.5 Å². The number of nitrogens with one attached hydrogen (secondary N) is 1. The molecule has 1 amide bonds. The van der Waals surface area contributed by atoms with Crippen molar-refractivity contribution in [3.8, 4) is 11.9 Å². The first-order chi connectivity index (χ1) is 14.0. The SMILES string of the molecule is CC(=O)Nc1ncc(CN2C[C@H](Oc3nc4ccccc4cc3C#N)C[C@@H]2C)s1. The number of ether oxygens (including phenoxy) is 1. The van der Waals surface area contributed by atoms with Crippen LogP contribution in [-0.4, -0.2) is 39.5 Å². The van der Waals surface area contributed by atoms with Crippen molar-refractivity contribution in [2.24, 2.45) is 0 Å². The van der Waals surface area contributed by atoms with E-state index in [1.54, 1.807) is 6.20 Å². The average molecular weight is 407 g/mol.